The molecule has 0 saturated carbocycles. The van der Waals surface area contributed by atoms with Crippen LogP contribution in [0.1, 0.15) is 0 Å². The molecule has 3 nitrogen and oxygen atoms in total. The second-order valence-corrected chi connectivity index (χ2v) is 4.39. The van der Waals surface area contributed by atoms with Crippen LogP contribution in [0.4, 0.5) is 4.39 Å². The zero-order chi connectivity index (χ0) is 12.4. The Kier molecular flexibility index (Phi) is 3.59. The van der Waals surface area contributed by atoms with Gasteiger partial charge in [-0.2, -0.15) is 0 Å². The van der Waals surface area contributed by atoms with E-state index < -0.39 is 5.82 Å². The van der Waals surface area contributed by atoms with Crippen LogP contribution in [0.5, 0.6) is 5.75 Å². The van der Waals surface area contributed by atoms with Crippen LogP contribution >= 0.6 is 27.5 Å². The number of rotatable bonds is 2. The van der Waals surface area contributed by atoms with E-state index in [1.807, 2.05) is 0 Å². The molecule has 1 aromatic heterocycles. The van der Waals surface area contributed by atoms with Crippen molar-refractivity contribution in [2.24, 2.45) is 0 Å². The molecule has 0 atom stereocenters. The second-order valence-electron chi connectivity index (χ2n) is 3.18. The molecule has 1 heterocycles. The maximum atomic E-state index is 13.2. The van der Waals surface area contributed by atoms with E-state index in [4.69, 9.17) is 16.3 Å². The van der Waals surface area contributed by atoms with E-state index in [1.165, 1.54) is 19.2 Å². The zero-order valence-corrected chi connectivity index (χ0v) is 11.1. The van der Waals surface area contributed by atoms with Crippen LogP contribution in [0.25, 0.3) is 11.4 Å². The molecule has 0 aliphatic heterocycles. The van der Waals surface area contributed by atoms with Gasteiger partial charge < -0.3 is 4.74 Å². The number of hydrogen-bond acceptors (Lipinski definition) is 3. The van der Waals surface area contributed by atoms with Crippen molar-refractivity contribution in [3.63, 3.8) is 0 Å². The van der Waals surface area contributed by atoms with Gasteiger partial charge in [0.05, 0.1) is 11.6 Å². The van der Waals surface area contributed by atoms with Gasteiger partial charge in [-0.15, -0.1) is 0 Å². The Morgan fingerprint density at radius 2 is 2.18 bits per heavy atom. The van der Waals surface area contributed by atoms with Gasteiger partial charge in [-0.3, -0.25) is 0 Å². The largest absolute Gasteiger partial charge is 0.494 e. The summed E-state index contributed by atoms with van der Waals surface area (Å²) >= 11 is 9.07. The van der Waals surface area contributed by atoms with Gasteiger partial charge in [0.1, 0.15) is 5.15 Å². The SMILES string of the molecule is COc1cc(-c2ncc(Br)c(Cl)n2)ccc1F. The van der Waals surface area contributed by atoms with Gasteiger partial charge >= 0.3 is 0 Å². The molecular formula is C11H7BrClFN2O. The maximum Gasteiger partial charge on any atom is 0.165 e. The number of aromatic nitrogens is 2. The minimum absolute atomic E-state index is 0.144. The number of benzene rings is 1. The molecule has 6 heteroatoms. The highest BCUT2D eigenvalue weighted by atomic mass is 79.9. The van der Waals surface area contributed by atoms with Crippen molar-refractivity contribution in [3.05, 3.63) is 39.8 Å². The summed E-state index contributed by atoms with van der Waals surface area (Å²) < 4.78 is 18.7. The lowest BCUT2D eigenvalue weighted by Gasteiger charge is -2.05. The molecule has 2 rings (SSSR count). The Morgan fingerprint density at radius 1 is 1.41 bits per heavy atom. The lowest BCUT2D eigenvalue weighted by molar-refractivity contribution is 0.387. The zero-order valence-electron chi connectivity index (χ0n) is 8.75. The van der Waals surface area contributed by atoms with Crippen molar-refractivity contribution in [2.75, 3.05) is 7.11 Å². The summed E-state index contributed by atoms with van der Waals surface area (Å²) in [4.78, 5) is 8.17. The summed E-state index contributed by atoms with van der Waals surface area (Å²) in [6.07, 6.45) is 1.54. The van der Waals surface area contributed by atoms with Crippen molar-refractivity contribution >= 4 is 27.5 Å². The summed E-state index contributed by atoms with van der Waals surface area (Å²) in [5.74, 6) is 0.126. The van der Waals surface area contributed by atoms with E-state index in [0.717, 1.165) is 0 Å². The molecule has 0 amide bonds. The van der Waals surface area contributed by atoms with Gasteiger partial charge in [-0.1, -0.05) is 11.6 Å². The molecule has 2 aromatic rings. The van der Waals surface area contributed by atoms with Crippen LogP contribution in [0.2, 0.25) is 5.15 Å². The van der Waals surface area contributed by atoms with Gasteiger partial charge in [-0.05, 0) is 34.1 Å². The Balaban J connectivity index is 2.49. The topological polar surface area (TPSA) is 35.0 Å². The Hall–Kier alpha value is -1.20. The molecule has 0 bridgehead atoms. The van der Waals surface area contributed by atoms with E-state index in [9.17, 15) is 4.39 Å². The van der Waals surface area contributed by atoms with Crippen LogP contribution in [0.3, 0.4) is 0 Å². The first-order chi connectivity index (χ1) is 8.11. The van der Waals surface area contributed by atoms with Gasteiger partial charge in [0, 0.05) is 11.8 Å². The third-order valence-electron chi connectivity index (χ3n) is 2.11. The summed E-state index contributed by atoms with van der Waals surface area (Å²) in [6, 6.07) is 4.39. The fraction of sp³-hybridized carbons (Fsp3) is 0.0909. The molecule has 1 aromatic carbocycles. The Bertz CT molecular complexity index is 565. The van der Waals surface area contributed by atoms with Crippen molar-refractivity contribution in [1.29, 1.82) is 0 Å². The number of hydrogen-bond donors (Lipinski definition) is 0. The monoisotopic (exact) mass is 316 g/mol. The first kappa shape index (κ1) is 12.3. The molecule has 0 fully saturated rings. The predicted molar refractivity (Wildman–Crippen MR) is 66.7 cm³/mol. The number of ether oxygens (including phenoxy) is 1. The molecule has 17 heavy (non-hydrogen) atoms. The Morgan fingerprint density at radius 3 is 2.82 bits per heavy atom. The minimum Gasteiger partial charge on any atom is -0.494 e. The van der Waals surface area contributed by atoms with Crippen LogP contribution in [-0.4, -0.2) is 17.1 Å². The lowest BCUT2D eigenvalue weighted by atomic mass is 10.2. The van der Waals surface area contributed by atoms with Crippen molar-refractivity contribution in [1.82, 2.24) is 9.97 Å². The fourth-order valence-corrected chi connectivity index (χ4v) is 1.60. The van der Waals surface area contributed by atoms with E-state index in [1.54, 1.807) is 12.3 Å². The van der Waals surface area contributed by atoms with E-state index in [0.29, 0.717) is 21.0 Å². The Labute approximate surface area is 111 Å². The average Bonchev–Trinajstić information content (AvgIpc) is 2.33. The first-order valence-electron chi connectivity index (χ1n) is 4.64. The van der Waals surface area contributed by atoms with Crippen molar-refractivity contribution in [2.45, 2.75) is 0 Å². The minimum atomic E-state index is -0.431. The van der Waals surface area contributed by atoms with Crippen LogP contribution < -0.4 is 4.74 Å². The van der Waals surface area contributed by atoms with Gasteiger partial charge in [0.25, 0.3) is 0 Å². The molecule has 0 aliphatic carbocycles. The fourth-order valence-electron chi connectivity index (χ4n) is 1.28. The van der Waals surface area contributed by atoms with Crippen LogP contribution in [0.15, 0.2) is 28.9 Å². The molecule has 0 saturated heterocycles. The summed E-state index contributed by atoms with van der Waals surface area (Å²) in [7, 11) is 1.40. The average molecular weight is 318 g/mol. The van der Waals surface area contributed by atoms with Crippen LogP contribution in [0, 0.1) is 5.82 Å². The quantitative estimate of drug-likeness (QED) is 0.792. The molecule has 0 spiro atoms. The molecular weight excluding hydrogens is 310 g/mol. The first-order valence-corrected chi connectivity index (χ1v) is 5.81. The summed E-state index contributed by atoms with van der Waals surface area (Å²) in [5.41, 5.74) is 0.637. The summed E-state index contributed by atoms with van der Waals surface area (Å²) in [6.45, 7) is 0. The van der Waals surface area contributed by atoms with Gasteiger partial charge in [0.2, 0.25) is 0 Å². The number of nitrogens with zero attached hydrogens (tertiary/aromatic N) is 2. The maximum absolute atomic E-state index is 13.2. The predicted octanol–water partition coefficient (Wildman–Crippen LogP) is 3.71. The van der Waals surface area contributed by atoms with Gasteiger partial charge in [0.15, 0.2) is 17.4 Å². The molecule has 0 N–H and O–H groups in total. The van der Waals surface area contributed by atoms with Gasteiger partial charge in [-0.25, -0.2) is 14.4 Å². The van der Waals surface area contributed by atoms with Crippen molar-refractivity contribution < 1.29 is 9.13 Å². The molecule has 0 aliphatic rings. The number of halogens is 3. The lowest BCUT2D eigenvalue weighted by Crippen LogP contribution is -1.93. The normalized spacial score (nSPS) is 10.4. The van der Waals surface area contributed by atoms with Crippen LogP contribution in [-0.2, 0) is 0 Å². The highest BCUT2D eigenvalue weighted by molar-refractivity contribution is 9.10. The van der Waals surface area contributed by atoms with E-state index in [-0.39, 0.29) is 5.75 Å². The highest BCUT2D eigenvalue weighted by Gasteiger charge is 2.09. The molecule has 0 radical (unpaired) electrons. The number of methoxy groups -OCH3 is 1. The third kappa shape index (κ3) is 2.56. The molecule has 88 valence electrons. The highest BCUT2D eigenvalue weighted by Crippen LogP contribution is 2.26. The van der Waals surface area contributed by atoms with E-state index >= 15 is 0 Å². The summed E-state index contributed by atoms with van der Waals surface area (Å²) in [5, 5.41) is 0.304. The standard InChI is InChI=1S/C11H7BrClFN2O/c1-17-9-4-6(2-3-8(9)14)11-15-5-7(12)10(13)16-11/h2-5H,1H3. The van der Waals surface area contributed by atoms with Crippen molar-refractivity contribution in [3.8, 4) is 17.1 Å². The van der Waals surface area contributed by atoms with E-state index in [2.05, 4.69) is 25.9 Å². The second kappa shape index (κ2) is 4.98. The smallest absolute Gasteiger partial charge is 0.165 e. The third-order valence-corrected chi connectivity index (χ3v) is 3.21. The molecule has 0 unspecified atom stereocenters.